The molecule has 0 saturated heterocycles. The summed E-state index contributed by atoms with van der Waals surface area (Å²) in [5, 5.41) is 11.3. The Hall–Kier alpha value is -2.41. The van der Waals surface area contributed by atoms with Crippen molar-refractivity contribution in [3.8, 4) is 0 Å². The number of halogens is 1. The highest BCUT2D eigenvalue weighted by Crippen LogP contribution is 2.28. The largest absolute Gasteiger partial charge is 0.384 e. The van der Waals surface area contributed by atoms with E-state index in [0.717, 1.165) is 5.56 Å². The van der Waals surface area contributed by atoms with Gasteiger partial charge in [0.2, 0.25) is 5.82 Å². The van der Waals surface area contributed by atoms with Crippen LogP contribution in [0.5, 0.6) is 0 Å². The summed E-state index contributed by atoms with van der Waals surface area (Å²) in [5.41, 5.74) is 6.24. The molecule has 0 fully saturated rings. The van der Waals surface area contributed by atoms with E-state index in [1.54, 1.807) is 30.3 Å². The SMILES string of the molecule is CN(Cc1ccc(N)nc1)c1ncc(Cl)cc1[N+](=O)[O-]. The van der Waals surface area contributed by atoms with Gasteiger partial charge in [-0.15, -0.1) is 0 Å². The minimum absolute atomic E-state index is 0.136. The minimum Gasteiger partial charge on any atom is -0.384 e. The van der Waals surface area contributed by atoms with Gasteiger partial charge in [-0.2, -0.15) is 0 Å². The zero-order valence-electron chi connectivity index (χ0n) is 10.7. The van der Waals surface area contributed by atoms with Crippen molar-refractivity contribution in [1.29, 1.82) is 0 Å². The molecule has 2 aromatic heterocycles. The van der Waals surface area contributed by atoms with Crippen molar-refractivity contribution in [1.82, 2.24) is 9.97 Å². The standard InChI is InChI=1S/C12H12ClN5O2/c1-17(7-8-2-3-11(14)15-5-8)12-10(18(19)20)4-9(13)6-16-12/h2-6H,7H2,1H3,(H2,14,15). The van der Waals surface area contributed by atoms with Crippen LogP contribution in [0.4, 0.5) is 17.3 Å². The molecule has 2 heterocycles. The number of rotatable bonds is 4. The lowest BCUT2D eigenvalue weighted by molar-refractivity contribution is -0.384. The second kappa shape index (κ2) is 5.70. The number of aromatic nitrogens is 2. The van der Waals surface area contributed by atoms with E-state index in [1.807, 2.05) is 0 Å². The molecule has 0 bridgehead atoms. The minimum atomic E-state index is -0.508. The van der Waals surface area contributed by atoms with Crippen LogP contribution in [-0.4, -0.2) is 21.9 Å². The summed E-state index contributed by atoms with van der Waals surface area (Å²) in [4.78, 5) is 20.2. The Morgan fingerprint density at radius 1 is 1.40 bits per heavy atom. The molecule has 0 aliphatic rings. The highest BCUT2D eigenvalue weighted by atomic mass is 35.5. The molecule has 0 saturated carbocycles. The van der Waals surface area contributed by atoms with E-state index in [-0.39, 0.29) is 16.5 Å². The Kier molecular flexibility index (Phi) is 3.99. The van der Waals surface area contributed by atoms with Crippen LogP contribution in [-0.2, 0) is 6.54 Å². The highest BCUT2D eigenvalue weighted by molar-refractivity contribution is 6.30. The third-order valence-electron chi connectivity index (χ3n) is 2.64. The number of nitro groups is 1. The van der Waals surface area contributed by atoms with Crippen molar-refractivity contribution >= 4 is 28.9 Å². The van der Waals surface area contributed by atoms with E-state index in [0.29, 0.717) is 12.4 Å². The molecule has 2 N–H and O–H groups in total. The first kappa shape index (κ1) is 14.0. The fourth-order valence-corrected chi connectivity index (χ4v) is 1.88. The van der Waals surface area contributed by atoms with E-state index in [2.05, 4.69) is 9.97 Å². The maximum atomic E-state index is 11.0. The molecule has 0 spiro atoms. The Morgan fingerprint density at radius 3 is 2.75 bits per heavy atom. The second-order valence-corrected chi connectivity index (χ2v) is 4.64. The van der Waals surface area contributed by atoms with Crippen LogP contribution in [0.3, 0.4) is 0 Å². The average Bonchev–Trinajstić information content (AvgIpc) is 2.41. The van der Waals surface area contributed by atoms with Crippen LogP contribution in [0.15, 0.2) is 30.6 Å². The van der Waals surface area contributed by atoms with Gasteiger partial charge in [-0.05, 0) is 11.6 Å². The highest BCUT2D eigenvalue weighted by Gasteiger charge is 2.19. The van der Waals surface area contributed by atoms with Crippen molar-refractivity contribution in [2.75, 3.05) is 17.7 Å². The van der Waals surface area contributed by atoms with Crippen LogP contribution in [0.25, 0.3) is 0 Å². The van der Waals surface area contributed by atoms with Crippen LogP contribution >= 0.6 is 11.6 Å². The normalized spacial score (nSPS) is 10.3. The molecule has 0 aliphatic heterocycles. The Bertz CT molecular complexity index is 632. The van der Waals surface area contributed by atoms with Gasteiger partial charge in [0.15, 0.2) is 0 Å². The smallest absolute Gasteiger partial charge is 0.313 e. The number of nitrogens with zero attached hydrogens (tertiary/aromatic N) is 4. The van der Waals surface area contributed by atoms with Crippen LogP contribution in [0, 0.1) is 10.1 Å². The predicted molar refractivity (Wildman–Crippen MR) is 76.7 cm³/mol. The molecule has 0 unspecified atom stereocenters. The van der Waals surface area contributed by atoms with Crippen LogP contribution in [0.2, 0.25) is 5.02 Å². The van der Waals surface area contributed by atoms with Crippen molar-refractivity contribution in [3.05, 3.63) is 51.3 Å². The summed E-state index contributed by atoms with van der Waals surface area (Å²) in [6, 6.07) is 4.76. The first-order valence-electron chi connectivity index (χ1n) is 5.69. The third kappa shape index (κ3) is 3.12. The van der Waals surface area contributed by atoms with Crippen LogP contribution < -0.4 is 10.6 Å². The Morgan fingerprint density at radius 2 is 2.15 bits per heavy atom. The van der Waals surface area contributed by atoms with Crippen molar-refractivity contribution in [2.24, 2.45) is 0 Å². The number of hydrogen-bond acceptors (Lipinski definition) is 6. The molecule has 0 atom stereocenters. The molecule has 104 valence electrons. The summed E-state index contributed by atoms with van der Waals surface area (Å²) >= 11 is 5.73. The second-order valence-electron chi connectivity index (χ2n) is 4.20. The van der Waals surface area contributed by atoms with Gasteiger partial charge in [0, 0.05) is 32.1 Å². The van der Waals surface area contributed by atoms with E-state index < -0.39 is 4.92 Å². The van der Waals surface area contributed by atoms with E-state index >= 15 is 0 Å². The Balaban J connectivity index is 2.27. The molecular formula is C12H12ClN5O2. The van der Waals surface area contributed by atoms with E-state index in [4.69, 9.17) is 17.3 Å². The van der Waals surface area contributed by atoms with Crippen molar-refractivity contribution in [2.45, 2.75) is 6.54 Å². The number of pyridine rings is 2. The first-order valence-corrected chi connectivity index (χ1v) is 6.06. The maximum absolute atomic E-state index is 11.0. The quantitative estimate of drug-likeness (QED) is 0.686. The monoisotopic (exact) mass is 293 g/mol. The molecule has 0 amide bonds. The molecule has 2 rings (SSSR count). The van der Waals surface area contributed by atoms with Gasteiger partial charge >= 0.3 is 5.69 Å². The molecule has 0 aliphatic carbocycles. The van der Waals surface area contributed by atoms with Gasteiger partial charge in [0.25, 0.3) is 0 Å². The maximum Gasteiger partial charge on any atom is 0.313 e. The number of hydrogen-bond donors (Lipinski definition) is 1. The molecule has 7 nitrogen and oxygen atoms in total. The zero-order valence-corrected chi connectivity index (χ0v) is 11.4. The lowest BCUT2D eigenvalue weighted by Gasteiger charge is -2.17. The fraction of sp³-hybridized carbons (Fsp3) is 0.167. The predicted octanol–water partition coefficient (Wildman–Crippen LogP) is 2.26. The molecule has 2 aromatic rings. The van der Waals surface area contributed by atoms with Gasteiger partial charge in [-0.3, -0.25) is 10.1 Å². The lowest BCUT2D eigenvalue weighted by atomic mass is 10.2. The van der Waals surface area contributed by atoms with Gasteiger partial charge in [0.05, 0.1) is 9.95 Å². The summed E-state index contributed by atoms with van der Waals surface area (Å²) in [5.74, 6) is 0.670. The lowest BCUT2D eigenvalue weighted by Crippen LogP contribution is -2.19. The number of nitrogens with two attached hydrogens (primary N) is 1. The van der Waals surface area contributed by atoms with Gasteiger partial charge in [-0.1, -0.05) is 17.7 Å². The molecule has 8 heteroatoms. The number of nitrogen functional groups attached to an aromatic ring is 1. The van der Waals surface area contributed by atoms with Crippen molar-refractivity contribution < 1.29 is 4.92 Å². The van der Waals surface area contributed by atoms with Gasteiger partial charge in [0.1, 0.15) is 5.82 Å². The molecular weight excluding hydrogens is 282 g/mol. The Labute approximate surface area is 120 Å². The molecule has 0 radical (unpaired) electrons. The average molecular weight is 294 g/mol. The summed E-state index contributed by atoms with van der Waals surface area (Å²) in [7, 11) is 1.71. The molecule has 0 aromatic carbocycles. The van der Waals surface area contributed by atoms with Crippen molar-refractivity contribution in [3.63, 3.8) is 0 Å². The zero-order chi connectivity index (χ0) is 14.7. The van der Waals surface area contributed by atoms with Gasteiger partial charge < -0.3 is 10.6 Å². The van der Waals surface area contributed by atoms with E-state index in [9.17, 15) is 10.1 Å². The first-order chi connectivity index (χ1) is 9.47. The number of anilines is 2. The van der Waals surface area contributed by atoms with E-state index in [1.165, 1.54) is 12.3 Å². The summed E-state index contributed by atoms with van der Waals surface area (Å²) in [6.07, 6.45) is 3.00. The van der Waals surface area contributed by atoms with Crippen LogP contribution in [0.1, 0.15) is 5.56 Å². The topological polar surface area (TPSA) is 98.2 Å². The third-order valence-corrected chi connectivity index (χ3v) is 2.85. The fourth-order valence-electron chi connectivity index (χ4n) is 1.73. The molecule has 20 heavy (non-hydrogen) atoms. The summed E-state index contributed by atoms with van der Waals surface area (Å²) in [6.45, 7) is 0.419. The van der Waals surface area contributed by atoms with Gasteiger partial charge in [-0.25, -0.2) is 9.97 Å². The summed E-state index contributed by atoms with van der Waals surface area (Å²) < 4.78 is 0.